The molecule has 0 bridgehead atoms. The first-order valence-corrected chi connectivity index (χ1v) is 8.35. The van der Waals surface area contributed by atoms with Crippen LogP contribution in [0, 0.1) is 18.8 Å². The zero-order valence-corrected chi connectivity index (χ0v) is 14.0. The van der Waals surface area contributed by atoms with Gasteiger partial charge in [0.25, 0.3) is 0 Å². The minimum absolute atomic E-state index is 0.825. The maximum atomic E-state index is 4.82. The van der Waals surface area contributed by atoms with Gasteiger partial charge in [0.05, 0.1) is 0 Å². The van der Waals surface area contributed by atoms with Crippen molar-refractivity contribution in [2.24, 2.45) is 0 Å². The Morgan fingerprint density at radius 3 is 1.96 bits per heavy atom. The fraction of sp³-hybridized carbons (Fsp3) is 0.0417. The highest BCUT2D eigenvalue weighted by Crippen LogP contribution is 2.32. The molecule has 0 unspecified atom stereocenters. The molecular weight excluding hydrogens is 302 g/mol. The third kappa shape index (κ3) is 3.03. The number of hydrogen-bond donors (Lipinski definition) is 0. The molecule has 4 rings (SSSR count). The number of aryl methyl sites for hydroxylation is 1. The lowest BCUT2D eigenvalue weighted by atomic mass is 9.96. The lowest BCUT2D eigenvalue weighted by Gasteiger charge is -2.11. The van der Waals surface area contributed by atoms with Crippen molar-refractivity contribution in [1.29, 1.82) is 0 Å². The molecule has 0 aliphatic heterocycles. The third-order valence-corrected chi connectivity index (χ3v) is 4.26. The van der Waals surface area contributed by atoms with Crippen molar-refractivity contribution in [3.63, 3.8) is 0 Å². The van der Waals surface area contributed by atoms with Crippen LogP contribution in [0.25, 0.3) is 21.9 Å². The largest absolute Gasteiger partial charge is 0.243 e. The molecule has 4 aromatic rings. The van der Waals surface area contributed by atoms with Crippen molar-refractivity contribution in [3.05, 3.63) is 102 Å². The number of aromatic nitrogens is 1. The van der Waals surface area contributed by atoms with Gasteiger partial charge >= 0.3 is 0 Å². The van der Waals surface area contributed by atoms with E-state index in [0.717, 1.165) is 28.1 Å². The van der Waals surface area contributed by atoms with Crippen LogP contribution in [0.5, 0.6) is 0 Å². The van der Waals surface area contributed by atoms with E-state index in [1.54, 1.807) is 0 Å². The highest BCUT2D eigenvalue weighted by atomic mass is 14.7. The predicted molar refractivity (Wildman–Crippen MR) is 104 cm³/mol. The summed E-state index contributed by atoms with van der Waals surface area (Å²) in [4.78, 5) is 4.82. The summed E-state index contributed by atoms with van der Waals surface area (Å²) in [7, 11) is 0. The SMILES string of the molecule is Cc1nc(C#Cc2ccccc2)c(-c2ccccc2)c2ccccc12. The summed E-state index contributed by atoms with van der Waals surface area (Å²) in [6.07, 6.45) is 0. The molecule has 0 aliphatic rings. The molecule has 0 N–H and O–H groups in total. The van der Waals surface area contributed by atoms with Gasteiger partial charge in [0.2, 0.25) is 0 Å². The Labute approximate surface area is 148 Å². The molecule has 118 valence electrons. The van der Waals surface area contributed by atoms with Crippen LogP contribution in [0.1, 0.15) is 17.0 Å². The standard InChI is InChI=1S/C24H17N/c1-18-21-14-8-9-15-22(21)24(20-12-6-3-7-13-20)23(25-18)17-16-19-10-4-2-5-11-19/h2-15H,1H3. The normalized spacial score (nSPS) is 10.3. The number of nitrogens with zero attached hydrogens (tertiary/aromatic N) is 1. The third-order valence-electron chi connectivity index (χ3n) is 4.26. The van der Waals surface area contributed by atoms with Crippen LogP contribution in [-0.4, -0.2) is 4.98 Å². The zero-order chi connectivity index (χ0) is 17.1. The van der Waals surface area contributed by atoms with Gasteiger partial charge in [-0.25, -0.2) is 4.98 Å². The van der Waals surface area contributed by atoms with Gasteiger partial charge in [-0.2, -0.15) is 0 Å². The lowest BCUT2D eigenvalue weighted by Crippen LogP contribution is -1.95. The van der Waals surface area contributed by atoms with Crippen LogP contribution in [-0.2, 0) is 0 Å². The summed E-state index contributed by atoms with van der Waals surface area (Å²) in [5.74, 6) is 6.55. The van der Waals surface area contributed by atoms with Crippen LogP contribution in [0.4, 0.5) is 0 Å². The average Bonchev–Trinajstić information content (AvgIpc) is 2.68. The molecular formula is C24H17N. The smallest absolute Gasteiger partial charge is 0.122 e. The summed E-state index contributed by atoms with van der Waals surface area (Å²) in [6.45, 7) is 2.05. The Bertz CT molecular complexity index is 1080. The molecule has 0 amide bonds. The summed E-state index contributed by atoms with van der Waals surface area (Å²) in [6, 6.07) is 28.8. The molecule has 1 aromatic heterocycles. The van der Waals surface area contributed by atoms with Gasteiger partial charge < -0.3 is 0 Å². The zero-order valence-electron chi connectivity index (χ0n) is 14.0. The monoisotopic (exact) mass is 319 g/mol. The van der Waals surface area contributed by atoms with E-state index in [4.69, 9.17) is 4.98 Å². The number of benzene rings is 3. The van der Waals surface area contributed by atoms with Crippen LogP contribution < -0.4 is 0 Å². The molecule has 0 saturated carbocycles. The number of hydrogen-bond acceptors (Lipinski definition) is 1. The van der Waals surface area contributed by atoms with E-state index >= 15 is 0 Å². The summed E-state index contributed by atoms with van der Waals surface area (Å²) in [5.41, 5.74) is 5.07. The summed E-state index contributed by atoms with van der Waals surface area (Å²) >= 11 is 0. The molecule has 0 radical (unpaired) electrons. The van der Waals surface area contributed by atoms with Gasteiger partial charge in [-0.15, -0.1) is 0 Å². The Morgan fingerprint density at radius 2 is 1.24 bits per heavy atom. The highest BCUT2D eigenvalue weighted by Gasteiger charge is 2.12. The second kappa shape index (κ2) is 6.63. The number of pyridine rings is 1. The minimum Gasteiger partial charge on any atom is -0.243 e. The van der Waals surface area contributed by atoms with Gasteiger partial charge in [0.1, 0.15) is 5.69 Å². The molecule has 3 aromatic carbocycles. The Kier molecular flexibility index (Phi) is 4.02. The van der Waals surface area contributed by atoms with Gasteiger partial charge in [-0.1, -0.05) is 78.7 Å². The molecule has 0 spiro atoms. The molecule has 0 fully saturated rings. The average molecular weight is 319 g/mol. The fourth-order valence-corrected chi connectivity index (χ4v) is 3.07. The van der Waals surface area contributed by atoms with Crippen molar-refractivity contribution in [2.75, 3.05) is 0 Å². The second-order valence-corrected chi connectivity index (χ2v) is 5.95. The minimum atomic E-state index is 0.825. The molecule has 1 heterocycles. The van der Waals surface area contributed by atoms with Crippen LogP contribution in [0.3, 0.4) is 0 Å². The Balaban J connectivity index is 1.99. The Morgan fingerprint density at radius 1 is 0.640 bits per heavy atom. The van der Waals surface area contributed by atoms with Crippen molar-refractivity contribution in [1.82, 2.24) is 4.98 Å². The highest BCUT2D eigenvalue weighted by molar-refractivity contribution is 5.99. The molecule has 0 atom stereocenters. The summed E-state index contributed by atoms with van der Waals surface area (Å²) in [5, 5.41) is 2.37. The summed E-state index contributed by atoms with van der Waals surface area (Å²) < 4.78 is 0. The first-order valence-electron chi connectivity index (χ1n) is 8.35. The van der Waals surface area contributed by atoms with Crippen molar-refractivity contribution < 1.29 is 0 Å². The molecule has 25 heavy (non-hydrogen) atoms. The van der Waals surface area contributed by atoms with E-state index in [9.17, 15) is 0 Å². The van der Waals surface area contributed by atoms with Crippen molar-refractivity contribution >= 4 is 10.8 Å². The Hall–Kier alpha value is -3.37. The first kappa shape index (κ1) is 15.2. The van der Waals surface area contributed by atoms with Crippen LogP contribution in [0.15, 0.2) is 84.9 Å². The van der Waals surface area contributed by atoms with Gasteiger partial charge in [0, 0.05) is 22.2 Å². The maximum absolute atomic E-state index is 4.82. The van der Waals surface area contributed by atoms with Crippen molar-refractivity contribution in [3.8, 4) is 23.0 Å². The van der Waals surface area contributed by atoms with Gasteiger partial charge in [0.15, 0.2) is 0 Å². The molecule has 0 aliphatic carbocycles. The predicted octanol–water partition coefficient (Wildman–Crippen LogP) is 5.61. The molecule has 0 saturated heterocycles. The number of fused-ring (bicyclic) bond motifs is 1. The van der Waals surface area contributed by atoms with Gasteiger partial charge in [-0.05, 0) is 35.9 Å². The number of rotatable bonds is 1. The van der Waals surface area contributed by atoms with Gasteiger partial charge in [-0.3, -0.25) is 0 Å². The van der Waals surface area contributed by atoms with E-state index < -0.39 is 0 Å². The van der Waals surface area contributed by atoms with Crippen molar-refractivity contribution in [2.45, 2.75) is 6.92 Å². The fourth-order valence-electron chi connectivity index (χ4n) is 3.07. The second-order valence-electron chi connectivity index (χ2n) is 5.95. The van der Waals surface area contributed by atoms with Crippen LogP contribution in [0.2, 0.25) is 0 Å². The topological polar surface area (TPSA) is 12.9 Å². The first-order chi connectivity index (χ1) is 12.3. The molecule has 1 heteroatoms. The van der Waals surface area contributed by atoms with E-state index in [2.05, 4.69) is 60.4 Å². The van der Waals surface area contributed by atoms with E-state index in [1.807, 2.05) is 43.3 Å². The maximum Gasteiger partial charge on any atom is 0.122 e. The van der Waals surface area contributed by atoms with E-state index in [-0.39, 0.29) is 0 Å². The van der Waals surface area contributed by atoms with E-state index in [1.165, 1.54) is 10.8 Å². The van der Waals surface area contributed by atoms with Crippen LogP contribution >= 0.6 is 0 Å². The van der Waals surface area contributed by atoms with E-state index in [0.29, 0.717) is 0 Å². The lowest BCUT2D eigenvalue weighted by molar-refractivity contribution is 1.21. The quantitative estimate of drug-likeness (QED) is 0.416. The molecule has 1 nitrogen and oxygen atoms in total.